The fourth-order valence-corrected chi connectivity index (χ4v) is 4.09. The maximum Gasteiger partial charge on any atom is 0.289 e. The molecule has 1 aliphatic rings. The molecule has 23 heavy (non-hydrogen) atoms. The quantitative estimate of drug-likeness (QED) is 0.808. The molecule has 2 heterocycles. The molecular weight excluding hydrogens is 360 g/mol. The van der Waals surface area contributed by atoms with Crippen LogP contribution in [0.3, 0.4) is 0 Å². The van der Waals surface area contributed by atoms with Crippen LogP contribution in [0.2, 0.25) is 5.02 Å². The Bertz CT molecular complexity index is 835. The molecule has 3 rings (SSSR count). The summed E-state index contributed by atoms with van der Waals surface area (Å²) >= 11 is 7.17. The van der Waals surface area contributed by atoms with E-state index in [0.29, 0.717) is 14.9 Å². The molecule has 0 saturated carbocycles. The van der Waals surface area contributed by atoms with Crippen molar-refractivity contribution in [2.75, 3.05) is 24.7 Å². The third-order valence-corrected chi connectivity index (χ3v) is 6.12. The van der Waals surface area contributed by atoms with E-state index in [1.807, 2.05) is 12.1 Å². The Labute approximate surface area is 142 Å². The summed E-state index contributed by atoms with van der Waals surface area (Å²) in [6, 6.07) is 7.19. The van der Waals surface area contributed by atoms with E-state index in [9.17, 15) is 13.2 Å². The average molecular weight is 373 g/mol. The maximum absolute atomic E-state index is 12.4. The summed E-state index contributed by atoms with van der Waals surface area (Å²) in [5.74, 6) is -0.556. The van der Waals surface area contributed by atoms with E-state index in [0.717, 1.165) is 10.6 Å². The summed E-state index contributed by atoms with van der Waals surface area (Å²) in [4.78, 5) is 22.3. The molecule has 1 aromatic heterocycles. The lowest BCUT2D eigenvalue weighted by atomic mass is 10.2. The highest BCUT2D eigenvalue weighted by atomic mass is 35.5. The van der Waals surface area contributed by atoms with Crippen LogP contribution in [0.1, 0.15) is 9.67 Å². The number of hydrogen-bond donors (Lipinski definition) is 0. The third-order valence-electron chi connectivity index (χ3n) is 3.26. The number of hydrogen-bond acceptors (Lipinski definition) is 6. The molecule has 1 saturated heterocycles. The van der Waals surface area contributed by atoms with Crippen LogP contribution in [-0.4, -0.2) is 49.0 Å². The van der Waals surface area contributed by atoms with Crippen molar-refractivity contribution in [1.82, 2.24) is 10.0 Å². The van der Waals surface area contributed by atoms with Gasteiger partial charge in [-0.2, -0.15) is 0 Å². The molecule has 6 nitrogen and oxygen atoms in total. The second-order valence-electron chi connectivity index (χ2n) is 4.93. The van der Waals surface area contributed by atoms with Gasteiger partial charge in [0.2, 0.25) is 0 Å². The molecule has 1 aliphatic heterocycles. The Balaban J connectivity index is 1.78. The van der Waals surface area contributed by atoms with Crippen molar-refractivity contribution < 1.29 is 18.0 Å². The van der Waals surface area contributed by atoms with E-state index in [1.54, 1.807) is 12.1 Å². The number of hydroxylamine groups is 2. The summed E-state index contributed by atoms with van der Waals surface area (Å²) in [6.07, 6.45) is 1.46. The number of carbonyl (C=O) groups is 1. The monoisotopic (exact) mass is 372 g/mol. The molecule has 0 N–H and O–H groups in total. The van der Waals surface area contributed by atoms with E-state index in [4.69, 9.17) is 16.4 Å². The minimum absolute atomic E-state index is 0.0194. The van der Waals surface area contributed by atoms with Gasteiger partial charge in [-0.3, -0.25) is 9.63 Å². The van der Waals surface area contributed by atoms with Gasteiger partial charge in [0, 0.05) is 10.6 Å². The first kappa shape index (κ1) is 16.4. The van der Waals surface area contributed by atoms with Gasteiger partial charge < -0.3 is 0 Å². The molecule has 0 aliphatic carbocycles. The minimum Gasteiger partial charge on any atom is -0.270 e. The molecular formula is C14H13ClN2O4S2. The van der Waals surface area contributed by atoms with Gasteiger partial charge >= 0.3 is 0 Å². The molecule has 0 radical (unpaired) electrons. The Kier molecular flexibility index (Phi) is 4.67. The van der Waals surface area contributed by atoms with Crippen LogP contribution in [0.25, 0.3) is 10.6 Å². The minimum atomic E-state index is -3.16. The summed E-state index contributed by atoms with van der Waals surface area (Å²) in [7, 11) is -3.16. The third kappa shape index (κ3) is 3.89. The molecule has 122 valence electrons. The average Bonchev–Trinajstić information content (AvgIpc) is 2.92. The van der Waals surface area contributed by atoms with E-state index in [1.165, 1.54) is 17.5 Å². The van der Waals surface area contributed by atoms with Gasteiger partial charge in [-0.05, 0) is 12.1 Å². The first-order chi connectivity index (χ1) is 10.9. The van der Waals surface area contributed by atoms with Crippen molar-refractivity contribution in [3.8, 4) is 10.6 Å². The number of rotatable bonds is 2. The summed E-state index contributed by atoms with van der Waals surface area (Å²) in [5.41, 5.74) is 0.820. The molecule has 2 aromatic rings. The Morgan fingerprint density at radius 2 is 2.17 bits per heavy atom. The van der Waals surface area contributed by atoms with Crippen LogP contribution in [0.4, 0.5) is 0 Å². The second-order valence-corrected chi connectivity index (χ2v) is 8.70. The highest BCUT2D eigenvalue weighted by molar-refractivity contribution is 7.91. The summed E-state index contributed by atoms with van der Waals surface area (Å²) < 4.78 is 23.1. The van der Waals surface area contributed by atoms with E-state index in [-0.39, 0.29) is 30.6 Å². The Morgan fingerprint density at radius 1 is 1.35 bits per heavy atom. The van der Waals surface area contributed by atoms with Gasteiger partial charge in [-0.15, -0.1) is 11.3 Å². The van der Waals surface area contributed by atoms with Crippen molar-refractivity contribution >= 4 is 38.7 Å². The zero-order chi connectivity index (χ0) is 16.4. The number of nitrogens with zero attached hydrogens (tertiary/aromatic N) is 2. The fraction of sp³-hybridized carbons (Fsp3) is 0.286. The summed E-state index contributed by atoms with van der Waals surface area (Å²) in [5, 5.41) is 2.35. The van der Waals surface area contributed by atoms with Crippen molar-refractivity contribution in [3.05, 3.63) is 40.4 Å². The largest absolute Gasteiger partial charge is 0.289 e. The van der Waals surface area contributed by atoms with Gasteiger partial charge in [0.1, 0.15) is 9.88 Å². The fourth-order valence-electron chi connectivity index (χ4n) is 2.07. The second kappa shape index (κ2) is 6.56. The van der Waals surface area contributed by atoms with Crippen LogP contribution >= 0.6 is 22.9 Å². The number of amides is 1. The zero-order valence-electron chi connectivity index (χ0n) is 11.9. The smallest absolute Gasteiger partial charge is 0.270 e. The number of benzene rings is 1. The topological polar surface area (TPSA) is 76.6 Å². The molecule has 0 spiro atoms. The highest BCUT2D eigenvalue weighted by Gasteiger charge is 2.26. The van der Waals surface area contributed by atoms with Gasteiger partial charge in [0.25, 0.3) is 5.91 Å². The SMILES string of the molecule is O=C(c1cnc(-c2cccc(Cl)c2)s1)N1CCS(=O)(=O)CCO1. The molecule has 0 atom stereocenters. The van der Waals surface area contributed by atoms with Crippen molar-refractivity contribution in [1.29, 1.82) is 0 Å². The van der Waals surface area contributed by atoms with Crippen LogP contribution < -0.4 is 0 Å². The van der Waals surface area contributed by atoms with Gasteiger partial charge in [0.15, 0.2) is 9.84 Å². The van der Waals surface area contributed by atoms with Crippen LogP contribution in [0.15, 0.2) is 30.5 Å². The lowest BCUT2D eigenvalue weighted by Gasteiger charge is -2.17. The lowest BCUT2D eigenvalue weighted by Crippen LogP contribution is -2.32. The number of halogens is 1. The van der Waals surface area contributed by atoms with E-state index < -0.39 is 9.84 Å². The maximum atomic E-state index is 12.4. The molecule has 1 aromatic carbocycles. The Hall–Kier alpha value is -1.48. The summed E-state index contributed by atoms with van der Waals surface area (Å²) in [6.45, 7) is -0.000404. The zero-order valence-corrected chi connectivity index (χ0v) is 14.3. The molecule has 1 fully saturated rings. The Morgan fingerprint density at radius 3 is 2.96 bits per heavy atom. The molecule has 0 bridgehead atoms. The lowest BCUT2D eigenvalue weighted by molar-refractivity contribution is -0.111. The number of aromatic nitrogens is 1. The predicted molar refractivity (Wildman–Crippen MR) is 88.2 cm³/mol. The number of thiazole rings is 1. The first-order valence-electron chi connectivity index (χ1n) is 6.81. The van der Waals surface area contributed by atoms with Crippen LogP contribution in [0, 0.1) is 0 Å². The number of carbonyl (C=O) groups excluding carboxylic acids is 1. The molecule has 9 heteroatoms. The van der Waals surface area contributed by atoms with Crippen LogP contribution in [0.5, 0.6) is 0 Å². The standard InChI is InChI=1S/C14H13ClN2O4S2/c15-11-3-1-2-10(8-11)13-16-9-12(22-13)14(18)17-4-6-23(19,20)7-5-21-17/h1-3,8-9H,4-7H2. The number of sulfone groups is 1. The van der Waals surface area contributed by atoms with Gasteiger partial charge in [0.05, 0.1) is 30.9 Å². The van der Waals surface area contributed by atoms with Crippen molar-refractivity contribution in [3.63, 3.8) is 0 Å². The van der Waals surface area contributed by atoms with Gasteiger partial charge in [-0.1, -0.05) is 23.7 Å². The van der Waals surface area contributed by atoms with Gasteiger partial charge in [-0.25, -0.2) is 18.5 Å². The highest BCUT2D eigenvalue weighted by Crippen LogP contribution is 2.28. The van der Waals surface area contributed by atoms with E-state index in [2.05, 4.69) is 4.98 Å². The van der Waals surface area contributed by atoms with Crippen molar-refractivity contribution in [2.45, 2.75) is 0 Å². The molecule has 1 amide bonds. The normalized spacial score (nSPS) is 17.7. The molecule has 0 unspecified atom stereocenters. The van der Waals surface area contributed by atoms with Crippen LogP contribution in [-0.2, 0) is 14.7 Å². The van der Waals surface area contributed by atoms with Crippen molar-refractivity contribution in [2.24, 2.45) is 0 Å². The van der Waals surface area contributed by atoms with E-state index >= 15 is 0 Å². The first-order valence-corrected chi connectivity index (χ1v) is 9.83. The predicted octanol–water partition coefficient (Wildman–Crippen LogP) is 2.27.